The molecule has 1 saturated carbocycles. The highest BCUT2D eigenvalue weighted by molar-refractivity contribution is 5.87. The molecule has 3 rings (SSSR count). The molecular weight excluding hydrogens is 328 g/mol. The van der Waals surface area contributed by atoms with Crippen LogP contribution in [0.1, 0.15) is 57.7 Å². The van der Waals surface area contributed by atoms with E-state index in [1.807, 2.05) is 6.92 Å². The Morgan fingerprint density at radius 3 is 2.88 bits per heavy atom. The molecule has 1 aliphatic rings. The molecule has 0 aliphatic heterocycles. The van der Waals surface area contributed by atoms with Crippen molar-refractivity contribution < 1.29 is 5.21 Å². The van der Waals surface area contributed by atoms with Gasteiger partial charge in [-0.1, -0.05) is 37.8 Å². The van der Waals surface area contributed by atoms with Crippen molar-refractivity contribution in [3.63, 3.8) is 0 Å². The van der Waals surface area contributed by atoms with E-state index in [4.69, 9.17) is 5.73 Å². The normalized spacial score (nSPS) is 22.4. The van der Waals surface area contributed by atoms with Gasteiger partial charge in [-0.25, -0.2) is 4.98 Å². The molecule has 3 N–H and O–H groups in total. The van der Waals surface area contributed by atoms with Gasteiger partial charge in [-0.15, -0.1) is 0 Å². The number of hydrogen-bond acceptors (Lipinski definition) is 6. The Morgan fingerprint density at radius 2 is 2.19 bits per heavy atom. The number of nitrogen functional groups attached to an aromatic ring is 1. The average Bonchev–Trinajstić information content (AvgIpc) is 3.05. The largest absolute Gasteiger partial charge is 0.411 e. The Hall–Kier alpha value is -2.62. The van der Waals surface area contributed by atoms with Gasteiger partial charge in [-0.05, 0) is 37.5 Å². The van der Waals surface area contributed by atoms with E-state index >= 15 is 0 Å². The van der Waals surface area contributed by atoms with Gasteiger partial charge in [0.2, 0.25) is 0 Å². The second-order valence-electron chi connectivity index (χ2n) is 8.06. The first-order valence-corrected chi connectivity index (χ1v) is 8.96. The summed E-state index contributed by atoms with van der Waals surface area (Å²) in [5.74, 6) is 8.06. The Bertz CT molecular complexity index is 896. The lowest BCUT2D eigenvalue weighted by Crippen LogP contribution is -2.32. The van der Waals surface area contributed by atoms with Crippen molar-refractivity contribution in [1.29, 1.82) is 0 Å². The molecule has 138 valence electrons. The number of nitrogens with two attached hydrogens (primary N) is 1. The molecule has 1 aliphatic carbocycles. The van der Waals surface area contributed by atoms with Crippen LogP contribution in [0.4, 0.5) is 5.82 Å². The lowest BCUT2D eigenvalue weighted by atomic mass is 9.68. The third kappa shape index (κ3) is 3.50. The van der Waals surface area contributed by atoms with Crippen LogP contribution < -0.4 is 5.73 Å². The molecule has 2 aromatic rings. The molecule has 0 spiro atoms. The van der Waals surface area contributed by atoms with Crippen molar-refractivity contribution in [3.05, 3.63) is 17.6 Å². The number of rotatable bonds is 1. The van der Waals surface area contributed by atoms with Gasteiger partial charge in [0, 0.05) is 12.3 Å². The van der Waals surface area contributed by atoms with Crippen LogP contribution in [0, 0.1) is 36.0 Å². The highest BCUT2D eigenvalue weighted by Crippen LogP contribution is 2.40. The van der Waals surface area contributed by atoms with Crippen molar-refractivity contribution >= 4 is 17.3 Å². The topological polar surface area (TPSA) is 102 Å². The quantitative estimate of drug-likeness (QED) is 0.465. The van der Waals surface area contributed by atoms with Crippen LogP contribution in [0.25, 0.3) is 5.78 Å². The maximum absolute atomic E-state index is 9.34. The fraction of sp³-hybridized carbons (Fsp3) is 0.579. The third-order valence-corrected chi connectivity index (χ3v) is 5.35. The fourth-order valence-electron chi connectivity index (χ4n) is 3.64. The van der Waals surface area contributed by atoms with Crippen LogP contribution in [-0.2, 0) is 0 Å². The Labute approximate surface area is 153 Å². The number of hydrogen-bond donors (Lipinski definition) is 2. The van der Waals surface area contributed by atoms with E-state index in [0.717, 1.165) is 30.7 Å². The molecule has 0 saturated heterocycles. The average molecular weight is 354 g/mol. The van der Waals surface area contributed by atoms with Crippen molar-refractivity contribution in [2.24, 2.45) is 22.4 Å². The summed E-state index contributed by atoms with van der Waals surface area (Å²) in [5.41, 5.74) is 8.69. The summed E-state index contributed by atoms with van der Waals surface area (Å²) in [6.45, 7) is 8.67. The van der Waals surface area contributed by atoms with E-state index in [9.17, 15) is 5.21 Å². The number of nitrogens with zero attached hydrogens (tertiary/aromatic N) is 5. The molecule has 7 heteroatoms. The number of aromatic nitrogens is 4. The third-order valence-electron chi connectivity index (χ3n) is 5.35. The first-order valence-electron chi connectivity index (χ1n) is 8.96. The molecule has 2 aromatic heterocycles. The smallest absolute Gasteiger partial charge is 0.254 e. The molecule has 0 bridgehead atoms. The highest BCUT2D eigenvalue weighted by Gasteiger charge is 2.33. The predicted octanol–water partition coefficient (Wildman–Crippen LogP) is 3.05. The minimum absolute atomic E-state index is 0.176. The van der Waals surface area contributed by atoms with Gasteiger partial charge in [0.1, 0.15) is 12.1 Å². The van der Waals surface area contributed by atoms with Gasteiger partial charge >= 0.3 is 0 Å². The van der Waals surface area contributed by atoms with Gasteiger partial charge in [-0.2, -0.15) is 14.6 Å². The van der Waals surface area contributed by atoms with Crippen molar-refractivity contribution in [2.45, 2.75) is 53.4 Å². The number of oxime groups is 1. The molecule has 26 heavy (non-hydrogen) atoms. The van der Waals surface area contributed by atoms with Gasteiger partial charge in [0.05, 0.1) is 17.0 Å². The Morgan fingerprint density at radius 1 is 1.42 bits per heavy atom. The summed E-state index contributed by atoms with van der Waals surface area (Å²) >= 11 is 0. The zero-order valence-electron chi connectivity index (χ0n) is 15.8. The Balaban J connectivity index is 1.82. The summed E-state index contributed by atoms with van der Waals surface area (Å²) in [6, 6.07) is 0. The first-order chi connectivity index (χ1) is 12.3. The second-order valence-corrected chi connectivity index (χ2v) is 8.06. The summed E-state index contributed by atoms with van der Waals surface area (Å²) in [4.78, 5) is 8.44. The molecule has 7 nitrogen and oxygen atoms in total. The van der Waals surface area contributed by atoms with Gasteiger partial charge in [0.25, 0.3) is 5.78 Å². The van der Waals surface area contributed by atoms with Crippen LogP contribution in [-0.4, -0.2) is 30.5 Å². The minimum Gasteiger partial charge on any atom is -0.411 e. The molecule has 0 radical (unpaired) electrons. The van der Waals surface area contributed by atoms with E-state index in [-0.39, 0.29) is 11.3 Å². The van der Waals surface area contributed by atoms with E-state index < -0.39 is 0 Å². The van der Waals surface area contributed by atoms with Gasteiger partial charge in [0.15, 0.2) is 0 Å². The van der Waals surface area contributed by atoms with Crippen LogP contribution in [0.2, 0.25) is 0 Å². The SMILES string of the molecule is Cc1nc2ncnn2c(N)c1C#CCC1CC(C(C)(C)C)CC/C1=N\O. The van der Waals surface area contributed by atoms with Crippen LogP contribution in [0.3, 0.4) is 0 Å². The minimum atomic E-state index is 0.176. The maximum atomic E-state index is 9.34. The molecule has 0 amide bonds. The molecule has 2 atom stereocenters. The summed E-state index contributed by atoms with van der Waals surface area (Å²) in [7, 11) is 0. The first kappa shape index (κ1) is 18.2. The van der Waals surface area contributed by atoms with Crippen LogP contribution >= 0.6 is 0 Å². The lowest BCUT2D eigenvalue weighted by molar-refractivity contribution is 0.183. The Kier molecular flexibility index (Phi) is 4.86. The molecule has 1 fully saturated rings. The summed E-state index contributed by atoms with van der Waals surface area (Å²) in [5, 5.41) is 16.9. The summed E-state index contributed by atoms with van der Waals surface area (Å²) < 4.78 is 1.49. The van der Waals surface area contributed by atoms with E-state index in [1.54, 1.807) is 0 Å². The van der Waals surface area contributed by atoms with E-state index in [2.05, 4.69) is 52.8 Å². The molecule has 2 unspecified atom stereocenters. The van der Waals surface area contributed by atoms with Crippen molar-refractivity contribution in [3.8, 4) is 11.8 Å². The molecular formula is C19H26N6O. The maximum Gasteiger partial charge on any atom is 0.254 e. The van der Waals surface area contributed by atoms with Gasteiger partial charge < -0.3 is 10.9 Å². The summed E-state index contributed by atoms with van der Waals surface area (Å²) in [6.07, 6.45) is 4.95. The second kappa shape index (κ2) is 6.94. The predicted molar refractivity (Wildman–Crippen MR) is 101 cm³/mol. The van der Waals surface area contributed by atoms with E-state index in [0.29, 0.717) is 29.5 Å². The number of anilines is 1. The molecule has 0 aromatic carbocycles. The number of fused-ring (bicyclic) bond motifs is 1. The van der Waals surface area contributed by atoms with E-state index in [1.165, 1.54) is 10.8 Å². The van der Waals surface area contributed by atoms with Gasteiger partial charge in [-0.3, -0.25) is 0 Å². The zero-order valence-corrected chi connectivity index (χ0v) is 15.8. The zero-order chi connectivity index (χ0) is 18.9. The van der Waals surface area contributed by atoms with Crippen molar-refractivity contribution in [2.75, 3.05) is 5.73 Å². The monoisotopic (exact) mass is 354 g/mol. The lowest BCUT2D eigenvalue weighted by Gasteiger charge is -2.37. The van der Waals surface area contributed by atoms with Crippen molar-refractivity contribution in [1.82, 2.24) is 19.6 Å². The molecule has 2 heterocycles. The number of aryl methyl sites for hydroxylation is 1. The van der Waals surface area contributed by atoms with Crippen LogP contribution in [0.5, 0.6) is 0 Å². The fourth-order valence-corrected chi connectivity index (χ4v) is 3.64. The highest BCUT2D eigenvalue weighted by atomic mass is 16.4. The standard InChI is InChI=1S/C19H26N6O/c1-12-15(17(20)25-18(23-12)21-11-22-25)7-5-6-13-10-14(19(2,3)4)8-9-16(13)24-26/h11,13-14,26H,6,8-10,20H2,1-4H3/b24-16+. The van der Waals surface area contributed by atoms with Crippen LogP contribution in [0.15, 0.2) is 11.5 Å².